The van der Waals surface area contributed by atoms with Crippen molar-refractivity contribution in [2.24, 2.45) is 28.6 Å². The number of ketones is 2. The van der Waals surface area contributed by atoms with Gasteiger partial charge >= 0.3 is 0 Å². The molecule has 0 aromatic carbocycles. The molecule has 3 fully saturated rings. The molecule has 0 aromatic rings. The van der Waals surface area contributed by atoms with E-state index in [4.69, 9.17) is 4.74 Å². The molecule has 0 heterocycles. The molecular formula is C20H28O3. The average Bonchev–Trinajstić information content (AvgIpc) is 2.83. The third-order valence-corrected chi connectivity index (χ3v) is 7.94. The summed E-state index contributed by atoms with van der Waals surface area (Å²) in [4.78, 5) is 25.4. The largest absolute Gasteiger partial charge is 0.381 e. The normalized spacial score (nSPS) is 49.3. The quantitative estimate of drug-likeness (QED) is 0.740. The van der Waals surface area contributed by atoms with Crippen LogP contribution in [-0.4, -0.2) is 24.8 Å². The van der Waals surface area contributed by atoms with Crippen molar-refractivity contribution >= 4 is 11.6 Å². The molecular weight excluding hydrogens is 288 g/mol. The fraction of sp³-hybridized carbons (Fsp3) is 0.800. The summed E-state index contributed by atoms with van der Waals surface area (Å²) in [5.74, 6) is 1.47. The Kier molecular flexibility index (Phi) is 3.39. The topological polar surface area (TPSA) is 43.4 Å². The molecule has 0 radical (unpaired) electrons. The van der Waals surface area contributed by atoms with Gasteiger partial charge in [-0.15, -0.1) is 0 Å². The lowest BCUT2D eigenvalue weighted by atomic mass is 9.48. The van der Waals surface area contributed by atoms with Crippen LogP contribution in [-0.2, 0) is 14.3 Å². The Bertz CT molecular complexity index is 592. The van der Waals surface area contributed by atoms with E-state index in [0.717, 1.165) is 38.5 Å². The summed E-state index contributed by atoms with van der Waals surface area (Å²) < 4.78 is 5.56. The fourth-order valence-electron chi connectivity index (χ4n) is 6.34. The van der Waals surface area contributed by atoms with Gasteiger partial charge in [-0.25, -0.2) is 0 Å². The molecule has 0 spiro atoms. The first-order chi connectivity index (χ1) is 10.9. The summed E-state index contributed by atoms with van der Waals surface area (Å²) in [5.41, 5.74) is 1.22. The van der Waals surface area contributed by atoms with Gasteiger partial charge in [0.05, 0.1) is 6.10 Å². The Balaban J connectivity index is 1.73. The second-order valence-corrected chi connectivity index (χ2v) is 8.75. The molecule has 0 aromatic heterocycles. The van der Waals surface area contributed by atoms with Crippen molar-refractivity contribution in [1.29, 1.82) is 0 Å². The lowest BCUT2D eigenvalue weighted by Gasteiger charge is -2.56. The minimum atomic E-state index is -0.234. The maximum atomic E-state index is 13.0. The molecule has 126 valence electrons. The first kappa shape index (κ1) is 15.6. The number of hydrogen-bond donors (Lipinski definition) is 0. The van der Waals surface area contributed by atoms with Crippen molar-refractivity contribution in [3.63, 3.8) is 0 Å². The van der Waals surface area contributed by atoms with Crippen LogP contribution in [0.15, 0.2) is 11.6 Å². The van der Waals surface area contributed by atoms with Gasteiger partial charge in [-0.2, -0.15) is 0 Å². The van der Waals surface area contributed by atoms with E-state index in [9.17, 15) is 9.59 Å². The summed E-state index contributed by atoms with van der Waals surface area (Å²) in [6.07, 6.45) is 8.91. The van der Waals surface area contributed by atoms with Gasteiger partial charge in [0.15, 0.2) is 5.78 Å². The maximum Gasteiger partial charge on any atom is 0.159 e. The van der Waals surface area contributed by atoms with Crippen LogP contribution in [0.3, 0.4) is 0 Å². The molecule has 6 atom stereocenters. The van der Waals surface area contributed by atoms with E-state index >= 15 is 0 Å². The summed E-state index contributed by atoms with van der Waals surface area (Å²) in [5, 5.41) is 0. The zero-order valence-electron chi connectivity index (χ0n) is 14.6. The highest BCUT2D eigenvalue weighted by Gasteiger charge is 2.60. The molecule has 0 saturated heterocycles. The van der Waals surface area contributed by atoms with Crippen LogP contribution in [0, 0.1) is 28.6 Å². The Morgan fingerprint density at radius 1 is 1.04 bits per heavy atom. The van der Waals surface area contributed by atoms with Crippen LogP contribution in [0.25, 0.3) is 0 Å². The highest BCUT2D eigenvalue weighted by molar-refractivity contribution is 5.96. The molecule has 23 heavy (non-hydrogen) atoms. The van der Waals surface area contributed by atoms with Crippen molar-refractivity contribution in [2.45, 2.75) is 64.9 Å². The average molecular weight is 316 g/mol. The summed E-state index contributed by atoms with van der Waals surface area (Å²) in [6, 6.07) is 0. The van der Waals surface area contributed by atoms with Gasteiger partial charge < -0.3 is 4.74 Å². The molecule has 4 aliphatic carbocycles. The van der Waals surface area contributed by atoms with Crippen LogP contribution < -0.4 is 0 Å². The summed E-state index contributed by atoms with van der Waals surface area (Å²) >= 11 is 0. The van der Waals surface area contributed by atoms with E-state index in [-0.39, 0.29) is 28.8 Å². The number of ether oxygens (including phenoxy) is 1. The Hall–Kier alpha value is -0.960. The van der Waals surface area contributed by atoms with Gasteiger partial charge in [-0.3, -0.25) is 9.59 Å². The van der Waals surface area contributed by atoms with Crippen molar-refractivity contribution < 1.29 is 14.3 Å². The van der Waals surface area contributed by atoms with Crippen molar-refractivity contribution in [3.8, 4) is 0 Å². The summed E-state index contributed by atoms with van der Waals surface area (Å²) in [6.45, 7) is 4.49. The Labute approximate surface area is 138 Å². The van der Waals surface area contributed by atoms with Crippen molar-refractivity contribution in [3.05, 3.63) is 11.6 Å². The monoisotopic (exact) mass is 316 g/mol. The van der Waals surface area contributed by atoms with Gasteiger partial charge in [-0.1, -0.05) is 19.4 Å². The van der Waals surface area contributed by atoms with E-state index in [2.05, 4.69) is 13.8 Å². The molecule has 3 nitrogen and oxygen atoms in total. The van der Waals surface area contributed by atoms with Crippen LogP contribution in [0.1, 0.15) is 58.8 Å². The number of carbonyl (C=O) groups excluding carboxylic acids is 2. The maximum absolute atomic E-state index is 13.0. The van der Waals surface area contributed by atoms with Crippen molar-refractivity contribution in [2.75, 3.05) is 7.11 Å². The fourth-order valence-corrected chi connectivity index (χ4v) is 6.34. The van der Waals surface area contributed by atoms with E-state index in [1.165, 1.54) is 5.57 Å². The number of Topliss-reactive ketones (excluding diaryl/α,β-unsaturated/α-hetero) is 1. The highest BCUT2D eigenvalue weighted by Crippen LogP contribution is 2.63. The lowest BCUT2D eigenvalue weighted by molar-refractivity contribution is -0.139. The number of methoxy groups -OCH3 is 1. The van der Waals surface area contributed by atoms with Gasteiger partial charge in [0.1, 0.15) is 5.78 Å². The second kappa shape index (κ2) is 5.02. The molecule has 1 unspecified atom stereocenters. The molecule has 0 amide bonds. The van der Waals surface area contributed by atoms with Crippen LogP contribution in [0.4, 0.5) is 0 Å². The number of hydrogen-bond acceptors (Lipinski definition) is 3. The number of allylic oxidation sites excluding steroid dienone is 1. The zero-order valence-corrected chi connectivity index (χ0v) is 14.6. The molecule has 3 saturated carbocycles. The van der Waals surface area contributed by atoms with E-state index in [1.807, 2.05) is 6.08 Å². The van der Waals surface area contributed by atoms with E-state index < -0.39 is 0 Å². The molecule has 0 bridgehead atoms. The predicted molar refractivity (Wildman–Crippen MR) is 87.9 cm³/mol. The van der Waals surface area contributed by atoms with Crippen molar-refractivity contribution in [1.82, 2.24) is 0 Å². The SMILES string of the molecule is COC1CC[C@@]2(C)C(=CC(=O)[C@@H]3[C@H]2CC[C@]2(C)C(=O)CC[C@@H]32)C1. The Morgan fingerprint density at radius 3 is 2.48 bits per heavy atom. The van der Waals surface area contributed by atoms with Gasteiger partial charge in [0.2, 0.25) is 0 Å². The van der Waals surface area contributed by atoms with Crippen LogP contribution >= 0.6 is 0 Å². The first-order valence-corrected chi connectivity index (χ1v) is 9.21. The van der Waals surface area contributed by atoms with Gasteiger partial charge in [0, 0.05) is 24.9 Å². The standard InChI is InChI=1S/C20H28O3/c1-19-8-6-13(23-3)10-12(19)11-16(21)18-14-4-5-17(22)20(14,2)9-7-15(18)19/h11,13-15,18H,4-10H2,1-3H3/t13?,14-,15+,18-,19-,20-/m0/s1. The third-order valence-electron chi connectivity index (χ3n) is 7.94. The van der Waals surface area contributed by atoms with E-state index in [1.54, 1.807) is 7.11 Å². The molecule has 0 aliphatic heterocycles. The second-order valence-electron chi connectivity index (χ2n) is 8.75. The lowest BCUT2D eigenvalue weighted by Crippen LogP contribution is -2.53. The number of fused-ring (bicyclic) bond motifs is 5. The molecule has 0 N–H and O–H groups in total. The van der Waals surface area contributed by atoms with E-state index in [0.29, 0.717) is 23.9 Å². The highest BCUT2D eigenvalue weighted by atomic mass is 16.5. The van der Waals surface area contributed by atoms with Gasteiger partial charge in [0.25, 0.3) is 0 Å². The molecule has 4 aliphatic rings. The minimum Gasteiger partial charge on any atom is -0.381 e. The minimum absolute atomic E-state index is 0.0769. The third kappa shape index (κ3) is 1.98. The van der Waals surface area contributed by atoms with Gasteiger partial charge in [-0.05, 0) is 61.9 Å². The molecule has 3 heteroatoms. The number of carbonyl (C=O) groups is 2. The summed E-state index contributed by atoms with van der Waals surface area (Å²) in [7, 11) is 1.78. The Morgan fingerprint density at radius 2 is 1.74 bits per heavy atom. The smallest absolute Gasteiger partial charge is 0.159 e. The number of rotatable bonds is 1. The van der Waals surface area contributed by atoms with Crippen LogP contribution in [0.2, 0.25) is 0 Å². The molecule has 4 rings (SSSR count). The van der Waals surface area contributed by atoms with Crippen LogP contribution in [0.5, 0.6) is 0 Å². The predicted octanol–water partition coefficient (Wildman–Crippen LogP) is 3.71. The zero-order chi connectivity index (χ0) is 16.4. The first-order valence-electron chi connectivity index (χ1n) is 9.21.